The molecule has 0 aromatic carbocycles. The fraction of sp³-hybridized carbons (Fsp3) is 0.500. The van der Waals surface area contributed by atoms with Crippen LogP contribution in [0.25, 0.3) is 0 Å². The molecule has 1 rings (SSSR count). The van der Waals surface area contributed by atoms with Gasteiger partial charge in [0.05, 0.1) is 9.35 Å². The average Bonchev–Trinajstić information content (AvgIpc) is 2.63. The molecule has 0 saturated carbocycles. The zero-order valence-corrected chi connectivity index (χ0v) is 11.7. The number of hydrogen-bond donors (Lipinski definition) is 1. The molecule has 1 aromatic heterocycles. The molecule has 0 spiro atoms. The van der Waals surface area contributed by atoms with Crippen LogP contribution in [-0.4, -0.2) is 17.8 Å². The van der Waals surface area contributed by atoms with Gasteiger partial charge in [0.25, 0.3) is 5.91 Å². The predicted molar refractivity (Wildman–Crippen MR) is 68.8 cm³/mol. The number of carbonyl (C=O) groups excluding carboxylic acids is 1. The number of thiophene rings is 1. The molecule has 0 bridgehead atoms. The Morgan fingerprint density at radius 1 is 1.67 bits per heavy atom. The van der Waals surface area contributed by atoms with Crippen LogP contribution < -0.4 is 5.32 Å². The third kappa shape index (κ3) is 3.78. The maximum absolute atomic E-state index is 11.7. The summed E-state index contributed by atoms with van der Waals surface area (Å²) in [4.78, 5) is 11.7. The summed E-state index contributed by atoms with van der Waals surface area (Å²) in [6.07, 6.45) is 0. The van der Waals surface area contributed by atoms with Crippen LogP contribution in [-0.2, 0) is 0 Å². The van der Waals surface area contributed by atoms with Crippen LogP contribution >= 0.6 is 38.9 Å². The molecule has 84 valence electrons. The first-order valence-electron chi connectivity index (χ1n) is 4.65. The Balaban J connectivity index is 2.56. The summed E-state index contributed by atoms with van der Waals surface area (Å²) in [6.45, 7) is 3.98. The van der Waals surface area contributed by atoms with Crippen LogP contribution in [0.5, 0.6) is 0 Å². The highest BCUT2D eigenvalue weighted by Gasteiger charge is 2.15. The van der Waals surface area contributed by atoms with Crippen molar-refractivity contribution in [3.63, 3.8) is 0 Å². The van der Waals surface area contributed by atoms with E-state index in [1.54, 1.807) is 0 Å². The fourth-order valence-corrected chi connectivity index (χ4v) is 2.40. The van der Waals surface area contributed by atoms with Gasteiger partial charge in [-0.15, -0.1) is 22.9 Å². The van der Waals surface area contributed by atoms with E-state index in [9.17, 15) is 4.79 Å². The smallest absolute Gasteiger partial charge is 0.252 e. The number of hydrogen-bond acceptors (Lipinski definition) is 2. The molecule has 0 aliphatic carbocycles. The first-order valence-corrected chi connectivity index (χ1v) is 6.86. The van der Waals surface area contributed by atoms with Crippen molar-refractivity contribution in [1.82, 2.24) is 5.32 Å². The number of carbonyl (C=O) groups is 1. The molecule has 0 radical (unpaired) electrons. The maximum atomic E-state index is 11.7. The lowest BCUT2D eigenvalue weighted by molar-refractivity contribution is 0.0931. The van der Waals surface area contributed by atoms with Crippen LogP contribution in [0.2, 0.25) is 0 Å². The summed E-state index contributed by atoms with van der Waals surface area (Å²) in [5.41, 5.74) is 0.695. The average molecular weight is 311 g/mol. The van der Waals surface area contributed by atoms with Gasteiger partial charge in [-0.25, -0.2) is 0 Å². The van der Waals surface area contributed by atoms with E-state index in [4.69, 9.17) is 11.6 Å². The molecule has 1 heterocycles. The van der Waals surface area contributed by atoms with Crippen molar-refractivity contribution in [3.05, 3.63) is 20.8 Å². The van der Waals surface area contributed by atoms with Crippen LogP contribution in [0.3, 0.4) is 0 Å². The molecule has 0 fully saturated rings. The highest BCUT2D eigenvalue weighted by atomic mass is 79.9. The third-order valence-electron chi connectivity index (χ3n) is 2.29. The number of alkyl halides is 1. The molecule has 1 aromatic rings. The zero-order chi connectivity index (χ0) is 11.4. The van der Waals surface area contributed by atoms with Gasteiger partial charge in [-0.3, -0.25) is 4.79 Å². The van der Waals surface area contributed by atoms with E-state index >= 15 is 0 Å². The van der Waals surface area contributed by atoms with Crippen molar-refractivity contribution in [2.75, 3.05) is 5.88 Å². The lowest BCUT2D eigenvalue weighted by atomic mass is 10.1. The van der Waals surface area contributed by atoms with E-state index in [1.807, 2.05) is 25.3 Å². The van der Waals surface area contributed by atoms with Gasteiger partial charge >= 0.3 is 0 Å². The minimum Gasteiger partial charge on any atom is -0.349 e. The normalized spacial score (nSPS) is 14.7. The quantitative estimate of drug-likeness (QED) is 0.847. The van der Waals surface area contributed by atoms with Gasteiger partial charge < -0.3 is 5.32 Å². The van der Waals surface area contributed by atoms with E-state index < -0.39 is 0 Å². The van der Waals surface area contributed by atoms with Crippen molar-refractivity contribution in [1.29, 1.82) is 0 Å². The van der Waals surface area contributed by atoms with Gasteiger partial charge in [0.1, 0.15) is 0 Å². The van der Waals surface area contributed by atoms with Crippen molar-refractivity contribution in [2.24, 2.45) is 5.92 Å². The lowest BCUT2D eigenvalue weighted by Gasteiger charge is -2.18. The van der Waals surface area contributed by atoms with Crippen LogP contribution in [0.15, 0.2) is 15.2 Å². The highest BCUT2D eigenvalue weighted by Crippen LogP contribution is 2.20. The van der Waals surface area contributed by atoms with Crippen LogP contribution in [0.1, 0.15) is 24.2 Å². The van der Waals surface area contributed by atoms with Gasteiger partial charge in [-0.1, -0.05) is 6.92 Å². The molecule has 2 nitrogen and oxygen atoms in total. The molecule has 15 heavy (non-hydrogen) atoms. The summed E-state index contributed by atoms with van der Waals surface area (Å²) < 4.78 is 0.964. The van der Waals surface area contributed by atoms with Crippen molar-refractivity contribution >= 4 is 44.8 Å². The maximum Gasteiger partial charge on any atom is 0.252 e. The molecule has 2 atom stereocenters. The Labute approximate surface area is 107 Å². The minimum absolute atomic E-state index is 0.0404. The van der Waals surface area contributed by atoms with E-state index in [1.165, 1.54) is 11.3 Å². The van der Waals surface area contributed by atoms with Gasteiger partial charge in [0.15, 0.2) is 0 Å². The molecule has 1 N–H and O–H groups in total. The Morgan fingerprint density at radius 3 is 2.80 bits per heavy atom. The summed E-state index contributed by atoms with van der Waals surface area (Å²) in [7, 11) is 0. The predicted octanol–water partition coefficient (Wildman–Crippen LogP) is 3.50. The summed E-state index contributed by atoms with van der Waals surface area (Å²) in [6, 6.07) is 1.91. The summed E-state index contributed by atoms with van der Waals surface area (Å²) in [5.74, 6) is 0.786. The summed E-state index contributed by atoms with van der Waals surface area (Å²) >= 11 is 10.6. The first-order chi connectivity index (χ1) is 7.04. The minimum atomic E-state index is -0.0404. The fourth-order valence-electron chi connectivity index (χ4n) is 0.995. The number of amides is 1. The van der Waals surface area contributed by atoms with Crippen molar-refractivity contribution < 1.29 is 4.79 Å². The van der Waals surface area contributed by atoms with Gasteiger partial charge in [-0.2, -0.15) is 0 Å². The van der Waals surface area contributed by atoms with E-state index in [0.717, 1.165) is 3.79 Å². The second-order valence-electron chi connectivity index (χ2n) is 3.53. The van der Waals surface area contributed by atoms with E-state index in [0.29, 0.717) is 11.4 Å². The molecule has 5 heteroatoms. The second kappa shape index (κ2) is 5.87. The molecular formula is C10H13BrClNOS. The Hall–Kier alpha value is -0.0600. The van der Waals surface area contributed by atoms with Gasteiger partial charge in [0, 0.05) is 17.3 Å². The zero-order valence-electron chi connectivity index (χ0n) is 8.59. The molecule has 0 aliphatic heterocycles. The molecular weight excluding hydrogens is 298 g/mol. The Morgan fingerprint density at radius 2 is 2.33 bits per heavy atom. The van der Waals surface area contributed by atoms with E-state index in [2.05, 4.69) is 21.2 Å². The van der Waals surface area contributed by atoms with Crippen LogP contribution in [0.4, 0.5) is 0 Å². The molecule has 0 saturated heterocycles. The number of halogens is 2. The second-order valence-corrected chi connectivity index (χ2v) is 6.13. The summed E-state index contributed by atoms with van der Waals surface area (Å²) in [5, 5.41) is 4.75. The van der Waals surface area contributed by atoms with Crippen molar-refractivity contribution in [2.45, 2.75) is 19.9 Å². The van der Waals surface area contributed by atoms with Gasteiger partial charge in [0.2, 0.25) is 0 Å². The Kier molecular flexibility index (Phi) is 5.09. The monoisotopic (exact) mass is 309 g/mol. The van der Waals surface area contributed by atoms with E-state index in [-0.39, 0.29) is 17.9 Å². The molecule has 1 amide bonds. The lowest BCUT2D eigenvalue weighted by Crippen LogP contribution is -2.37. The number of rotatable bonds is 4. The van der Waals surface area contributed by atoms with Crippen molar-refractivity contribution in [3.8, 4) is 0 Å². The Bertz CT molecular complexity index is 342. The largest absolute Gasteiger partial charge is 0.349 e. The molecule has 0 aliphatic rings. The molecule has 2 unspecified atom stereocenters. The standard InChI is InChI=1S/C10H13BrClNOS/c1-6(4-12)7(2)13-10(14)8-3-9(11)15-5-8/h3,5-7H,4H2,1-2H3,(H,13,14). The number of nitrogens with one attached hydrogen (secondary N) is 1. The van der Waals surface area contributed by atoms with Crippen LogP contribution in [0, 0.1) is 5.92 Å². The third-order valence-corrected chi connectivity index (χ3v) is 4.28. The SMILES string of the molecule is CC(CCl)C(C)NC(=O)c1csc(Br)c1. The van der Waals surface area contributed by atoms with Gasteiger partial charge in [-0.05, 0) is 34.8 Å². The highest BCUT2D eigenvalue weighted by molar-refractivity contribution is 9.11. The first kappa shape index (κ1) is 13.0. The topological polar surface area (TPSA) is 29.1 Å².